The summed E-state index contributed by atoms with van der Waals surface area (Å²) in [7, 11) is 4.32. The van der Waals surface area contributed by atoms with Crippen molar-refractivity contribution in [1.29, 1.82) is 0 Å². The van der Waals surface area contributed by atoms with E-state index in [1.165, 1.54) is 18.5 Å². The van der Waals surface area contributed by atoms with Crippen LogP contribution in [0.15, 0.2) is 22.9 Å². The summed E-state index contributed by atoms with van der Waals surface area (Å²) >= 11 is 3.47. The van der Waals surface area contributed by atoms with E-state index in [9.17, 15) is 0 Å². The topological polar surface area (TPSA) is 19.4 Å². The molecule has 0 radical (unpaired) electrons. The molecule has 0 amide bonds. The van der Waals surface area contributed by atoms with E-state index < -0.39 is 0 Å². The maximum Gasteiger partial charge on any atom is 0.0564 e. The van der Waals surface area contributed by atoms with Crippen molar-refractivity contribution >= 4 is 21.6 Å². The molecule has 1 fully saturated rings. The number of aromatic nitrogens is 1. The number of piperidine rings is 1. The molecule has 0 N–H and O–H groups in total. The predicted octanol–water partition coefficient (Wildman–Crippen LogP) is 2.37. The molecule has 2 rings (SSSR count). The van der Waals surface area contributed by atoms with Gasteiger partial charge in [0, 0.05) is 29.8 Å². The van der Waals surface area contributed by atoms with Crippen LogP contribution in [-0.4, -0.2) is 43.1 Å². The lowest BCUT2D eigenvalue weighted by Gasteiger charge is -2.37. The Balaban J connectivity index is 2.09. The van der Waals surface area contributed by atoms with E-state index in [-0.39, 0.29) is 0 Å². The molecule has 0 unspecified atom stereocenters. The van der Waals surface area contributed by atoms with Crippen molar-refractivity contribution in [1.82, 2.24) is 9.88 Å². The summed E-state index contributed by atoms with van der Waals surface area (Å²) < 4.78 is 1.05. The maximum absolute atomic E-state index is 4.23. The summed E-state index contributed by atoms with van der Waals surface area (Å²) in [6.07, 6.45) is 6.33. The first-order valence-electron chi connectivity index (χ1n) is 5.69. The third-order valence-electron chi connectivity index (χ3n) is 3.18. The van der Waals surface area contributed by atoms with E-state index in [1.807, 2.05) is 12.4 Å². The second-order valence-corrected chi connectivity index (χ2v) is 5.48. The van der Waals surface area contributed by atoms with Crippen LogP contribution < -0.4 is 4.90 Å². The van der Waals surface area contributed by atoms with Gasteiger partial charge in [-0.3, -0.25) is 4.98 Å². The molecular formula is C12H18BrN3. The number of nitrogens with zero attached hydrogens (tertiary/aromatic N) is 3. The van der Waals surface area contributed by atoms with E-state index >= 15 is 0 Å². The zero-order chi connectivity index (χ0) is 11.5. The molecule has 3 nitrogen and oxygen atoms in total. The summed E-state index contributed by atoms with van der Waals surface area (Å²) in [5.41, 5.74) is 1.22. The minimum Gasteiger partial charge on any atom is -0.369 e. The molecule has 2 heterocycles. The molecule has 1 atom stereocenters. The zero-order valence-corrected chi connectivity index (χ0v) is 11.4. The minimum absolute atomic E-state index is 0.660. The number of hydrogen-bond donors (Lipinski definition) is 0. The third kappa shape index (κ3) is 2.74. The highest BCUT2D eigenvalue weighted by Gasteiger charge is 2.21. The largest absolute Gasteiger partial charge is 0.369 e. The minimum atomic E-state index is 0.660. The summed E-state index contributed by atoms with van der Waals surface area (Å²) in [6.45, 7) is 2.24. The van der Waals surface area contributed by atoms with Gasteiger partial charge in [-0.1, -0.05) is 0 Å². The first-order valence-corrected chi connectivity index (χ1v) is 6.48. The Morgan fingerprint density at radius 1 is 1.44 bits per heavy atom. The average molecular weight is 284 g/mol. The van der Waals surface area contributed by atoms with Gasteiger partial charge in [0.25, 0.3) is 0 Å². The van der Waals surface area contributed by atoms with Crippen LogP contribution in [0.5, 0.6) is 0 Å². The van der Waals surface area contributed by atoms with Gasteiger partial charge in [0.1, 0.15) is 0 Å². The first kappa shape index (κ1) is 11.9. The van der Waals surface area contributed by atoms with E-state index in [1.54, 1.807) is 0 Å². The van der Waals surface area contributed by atoms with Crippen LogP contribution >= 0.6 is 15.9 Å². The summed E-state index contributed by atoms with van der Waals surface area (Å²) in [5.74, 6) is 0. The van der Waals surface area contributed by atoms with E-state index in [0.717, 1.165) is 17.6 Å². The molecule has 1 aromatic heterocycles. The van der Waals surface area contributed by atoms with Crippen molar-refractivity contribution in [2.75, 3.05) is 32.1 Å². The maximum atomic E-state index is 4.23. The van der Waals surface area contributed by atoms with Gasteiger partial charge in [0.15, 0.2) is 0 Å². The molecular weight excluding hydrogens is 266 g/mol. The quantitative estimate of drug-likeness (QED) is 0.831. The van der Waals surface area contributed by atoms with Gasteiger partial charge in [-0.15, -0.1) is 0 Å². The van der Waals surface area contributed by atoms with Crippen molar-refractivity contribution in [3.8, 4) is 0 Å². The Morgan fingerprint density at radius 2 is 2.25 bits per heavy atom. The number of hydrogen-bond acceptors (Lipinski definition) is 3. The van der Waals surface area contributed by atoms with Gasteiger partial charge >= 0.3 is 0 Å². The highest BCUT2D eigenvalue weighted by Crippen LogP contribution is 2.23. The van der Waals surface area contributed by atoms with Crippen molar-refractivity contribution in [2.45, 2.75) is 18.9 Å². The summed E-state index contributed by atoms with van der Waals surface area (Å²) in [4.78, 5) is 8.97. The van der Waals surface area contributed by atoms with Gasteiger partial charge < -0.3 is 9.80 Å². The molecule has 0 aliphatic carbocycles. The fraction of sp³-hybridized carbons (Fsp3) is 0.583. The SMILES string of the molecule is CN(C)[C@H]1CCCN(c2cncc(Br)c2)C1. The van der Waals surface area contributed by atoms with Gasteiger partial charge in [-0.05, 0) is 48.9 Å². The van der Waals surface area contributed by atoms with Crippen molar-refractivity contribution in [2.24, 2.45) is 0 Å². The van der Waals surface area contributed by atoms with Gasteiger partial charge in [0.2, 0.25) is 0 Å². The van der Waals surface area contributed by atoms with Crippen molar-refractivity contribution in [3.63, 3.8) is 0 Å². The molecule has 16 heavy (non-hydrogen) atoms. The molecule has 0 spiro atoms. The molecule has 0 saturated carbocycles. The van der Waals surface area contributed by atoms with E-state index in [0.29, 0.717) is 6.04 Å². The molecule has 0 aromatic carbocycles. The number of rotatable bonds is 2. The van der Waals surface area contributed by atoms with Gasteiger partial charge in [-0.25, -0.2) is 0 Å². The van der Waals surface area contributed by atoms with Gasteiger partial charge in [0.05, 0.1) is 11.9 Å². The van der Waals surface area contributed by atoms with Crippen LogP contribution in [0.25, 0.3) is 0 Å². The molecule has 4 heteroatoms. The Kier molecular flexibility index (Phi) is 3.82. The first-order chi connectivity index (χ1) is 7.66. The molecule has 88 valence electrons. The zero-order valence-electron chi connectivity index (χ0n) is 9.86. The predicted molar refractivity (Wildman–Crippen MR) is 70.9 cm³/mol. The van der Waals surface area contributed by atoms with Crippen LogP contribution in [0.1, 0.15) is 12.8 Å². The van der Waals surface area contributed by atoms with Crippen LogP contribution in [0.3, 0.4) is 0 Å². The normalized spacial score (nSPS) is 21.5. The monoisotopic (exact) mass is 283 g/mol. The average Bonchev–Trinajstić information content (AvgIpc) is 2.29. The number of pyridine rings is 1. The van der Waals surface area contributed by atoms with Crippen molar-refractivity contribution < 1.29 is 0 Å². The van der Waals surface area contributed by atoms with E-state index in [4.69, 9.17) is 0 Å². The lowest BCUT2D eigenvalue weighted by atomic mass is 10.0. The van der Waals surface area contributed by atoms with Gasteiger partial charge in [-0.2, -0.15) is 0 Å². The molecule has 0 bridgehead atoms. The Labute approximate surface area is 106 Å². The second-order valence-electron chi connectivity index (χ2n) is 4.57. The smallest absolute Gasteiger partial charge is 0.0564 e. The van der Waals surface area contributed by atoms with Crippen LogP contribution in [-0.2, 0) is 0 Å². The third-order valence-corrected chi connectivity index (χ3v) is 3.62. The Bertz CT molecular complexity index is 354. The molecule has 1 aromatic rings. The number of halogens is 1. The van der Waals surface area contributed by atoms with Crippen LogP contribution in [0.4, 0.5) is 5.69 Å². The number of anilines is 1. The second kappa shape index (κ2) is 5.15. The Morgan fingerprint density at radius 3 is 2.94 bits per heavy atom. The molecule has 1 aliphatic heterocycles. The standard InChI is InChI=1S/C12H18BrN3/c1-15(2)11-4-3-5-16(9-11)12-6-10(13)7-14-8-12/h6-8,11H,3-5,9H2,1-2H3/t11-/m0/s1. The van der Waals surface area contributed by atoms with E-state index in [2.05, 4.69) is 50.9 Å². The molecule has 1 saturated heterocycles. The summed E-state index contributed by atoms with van der Waals surface area (Å²) in [6, 6.07) is 2.80. The Hall–Kier alpha value is -0.610. The number of likely N-dealkylation sites (N-methyl/N-ethyl adjacent to an activating group) is 1. The fourth-order valence-corrected chi connectivity index (χ4v) is 2.54. The summed E-state index contributed by atoms with van der Waals surface area (Å²) in [5, 5.41) is 0. The van der Waals surface area contributed by atoms with Crippen LogP contribution in [0, 0.1) is 0 Å². The highest BCUT2D eigenvalue weighted by molar-refractivity contribution is 9.10. The molecule has 1 aliphatic rings. The lowest BCUT2D eigenvalue weighted by molar-refractivity contribution is 0.258. The fourth-order valence-electron chi connectivity index (χ4n) is 2.18. The lowest BCUT2D eigenvalue weighted by Crippen LogP contribution is -2.45. The van der Waals surface area contributed by atoms with Crippen LogP contribution in [0.2, 0.25) is 0 Å². The highest BCUT2D eigenvalue weighted by atomic mass is 79.9. The van der Waals surface area contributed by atoms with Crippen molar-refractivity contribution in [3.05, 3.63) is 22.9 Å².